The summed E-state index contributed by atoms with van der Waals surface area (Å²) < 4.78 is 5.84. The van der Waals surface area contributed by atoms with Gasteiger partial charge in [0.05, 0.1) is 17.6 Å². The Morgan fingerprint density at radius 2 is 1.92 bits per heavy atom. The fraction of sp³-hybridized carbons (Fsp3) is 0.667. The summed E-state index contributed by atoms with van der Waals surface area (Å²) in [6.07, 6.45) is 4.06. The molecule has 4 heterocycles. The number of morpholine rings is 1. The van der Waals surface area contributed by atoms with Crippen molar-refractivity contribution >= 4 is 16.9 Å². The van der Waals surface area contributed by atoms with Crippen molar-refractivity contribution in [2.24, 2.45) is 11.8 Å². The molecule has 4 rings (SSSR count). The Morgan fingerprint density at radius 3 is 2.68 bits per heavy atom. The first-order valence-corrected chi connectivity index (χ1v) is 9.15. The molecule has 2 aliphatic heterocycles. The zero-order valence-corrected chi connectivity index (χ0v) is 14.9. The van der Waals surface area contributed by atoms with Gasteiger partial charge in [-0.15, -0.1) is 0 Å². The fourth-order valence-electron chi connectivity index (χ4n) is 4.40. The number of H-pyrrole nitrogens is 1. The molecular weight excluding hydrogens is 318 g/mol. The normalized spacial score (nSPS) is 31.1. The minimum atomic E-state index is 0.220. The standard InChI is InChI=1S/C18H27N5O2/c1-12-5-22(6-13(2)25-12)7-14-8-23(9-15(14)10-24)18-16-3-4-19-17(16)20-11-21-18/h3-4,11-15,24H,5-10H2,1-2H3,(H,19,20,21)/t12-,13+,14-,15-/m0/s1. The van der Waals surface area contributed by atoms with Crippen LogP contribution in [-0.2, 0) is 4.74 Å². The number of aromatic nitrogens is 3. The van der Waals surface area contributed by atoms with Crippen LogP contribution >= 0.6 is 0 Å². The number of hydrogen-bond acceptors (Lipinski definition) is 6. The smallest absolute Gasteiger partial charge is 0.142 e. The van der Waals surface area contributed by atoms with Crippen molar-refractivity contribution in [3.63, 3.8) is 0 Å². The third-order valence-corrected chi connectivity index (χ3v) is 5.43. The van der Waals surface area contributed by atoms with Crippen molar-refractivity contribution in [1.82, 2.24) is 19.9 Å². The minimum Gasteiger partial charge on any atom is -0.396 e. The SMILES string of the molecule is C[C@@H]1CN(C[C@H]2CN(c3ncnc4[nH]ccc34)C[C@H]2CO)C[C@H](C)O1. The zero-order valence-electron chi connectivity index (χ0n) is 14.9. The molecule has 0 aromatic carbocycles. The molecule has 0 radical (unpaired) electrons. The summed E-state index contributed by atoms with van der Waals surface area (Å²) in [6, 6.07) is 2.03. The molecule has 136 valence electrons. The van der Waals surface area contributed by atoms with E-state index in [-0.39, 0.29) is 24.7 Å². The first kappa shape index (κ1) is 16.8. The summed E-state index contributed by atoms with van der Waals surface area (Å²) in [4.78, 5) is 16.7. The highest BCUT2D eigenvalue weighted by Gasteiger charge is 2.36. The maximum absolute atomic E-state index is 9.90. The molecule has 2 saturated heterocycles. The van der Waals surface area contributed by atoms with Gasteiger partial charge >= 0.3 is 0 Å². The van der Waals surface area contributed by atoms with Crippen LogP contribution in [0.3, 0.4) is 0 Å². The quantitative estimate of drug-likeness (QED) is 0.864. The molecule has 0 bridgehead atoms. The van der Waals surface area contributed by atoms with E-state index in [1.54, 1.807) is 6.33 Å². The lowest BCUT2D eigenvalue weighted by atomic mass is 9.96. The first-order valence-electron chi connectivity index (χ1n) is 9.15. The number of nitrogens with zero attached hydrogens (tertiary/aromatic N) is 4. The molecule has 0 spiro atoms. The highest BCUT2D eigenvalue weighted by molar-refractivity contribution is 5.87. The van der Waals surface area contributed by atoms with Crippen LogP contribution in [0.2, 0.25) is 0 Å². The third-order valence-electron chi connectivity index (χ3n) is 5.43. The van der Waals surface area contributed by atoms with Gasteiger partial charge in [-0.25, -0.2) is 9.97 Å². The number of fused-ring (bicyclic) bond motifs is 1. The van der Waals surface area contributed by atoms with Crippen LogP contribution < -0.4 is 4.90 Å². The van der Waals surface area contributed by atoms with Gasteiger partial charge in [0.2, 0.25) is 0 Å². The Bertz CT molecular complexity index is 710. The van der Waals surface area contributed by atoms with Crippen LogP contribution in [0.5, 0.6) is 0 Å². The minimum absolute atomic E-state index is 0.220. The number of rotatable bonds is 4. The fourth-order valence-corrected chi connectivity index (χ4v) is 4.40. The van der Waals surface area contributed by atoms with Gasteiger partial charge in [-0.3, -0.25) is 4.90 Å². The predicted octanol–water partition coefficient (Wildman–Crippen LogP) is 1.11. The molecule has 7 nitrogen and oxygen atoms in total. The topological polar surface area (TPSA) is 77.5 Å². The van der Waals surface area contributed by atoms with Crippen LogP contribution in [0.4, 0.5) is 5.82 Å². The molecule has 2 fully saturated rings. The Balaban J connectivity index is 1.50. The van der Waals surface area contributed by atoms with Gasteiger partial charge in [-0.1, -0.05) is 0 Å². The van der Waals surface area contributed by atoms with Crippen molar-refractivity contribution in [2.75, 3.05) is 44.2 Å². The lowest BCUT2D eigenvalue weighted by Crippen LogP contribution is -2.48. The Kier molecular flexibility index (Phi) is 4.62. The van der Waals surface area contributed by atoms with E-state index in [0.29, 0.717) is 5.92 Å². The van der Waals surface area contributed by atoms with Gasteiger partial charge in [0, 0.05) is 51.4 Å². The number of aliphatic hydroxyl groups is 1. The number of aliphatic hydroxyl groups excluding tert-OH is 1. The number of nitrogens with one attached hydrogen (secondary N) is 1. The lowest BCUT2D eigenvalue weighted by Gasteiger charge is -2.37. The van der Waals surface area contributed by atoms with Crippen molar-refractivity contribution in [3.8, 4) is 0 Å². The molecule has 0 unspecified atom stereocenters. The Hall–Kier alpha value is -1.70. The first-order chi connectivity index (χ1) is 12.1. The largest absolute Gasteiger partial charge is 0.396 e. The van der Waals surface area contributed by atoms with Gasteiger partial charge in [0.15, 0.2) is 0 Å². The zero-order chi connectivity index (χ0) is 17.4. The maximum atomic E-state index is 9.90. The second-order valence-electron chi connectivity index (χ2n) is 7.52. The van der Waals surface area contributed by atoms with E-state index in [9.17, 15) is 5.11 Å². The number of ether oxygens (including phenoxy) is 1. The van der Waals surface area contributed by atoms with Crippen LogP contribution in [0.25, 0.3) is 11.0 Å². The number of aromatic amines is 1. The Morgan fingerprint density at radius 1 is 1.16 bits per heavy atom. The summed E-state index contributed by atoms with van der Waals surface area (Å²) in [5, 5.41) is 10.9. The molecular formula is C18H27N5O2. The molecule has 0 amide bonds. The van der Waals surface area contributed by atoms with Gasteiger partial charge in [0.25, 0.3) is 0 Å². The van der Waals surface area contributed by atoms with Crippen LogP contribution in [0.15, 0.2) is 18.6 Å². The van der Waals surface area contributed by atoms with E-state index in [1.165, 1.54) is 0 Å². The number of anilines is 1. The van der Waals surface area contributed by atoms with Gasteiger partial charge in [-0.05, 0) is 25.8 Å². The second-order valence-corrected chi connectivity index (χ2v) is 7.52. The summed E-state index contributed by atoms with van der Waals surface area (Å²) in [5.41, 5.74) is 0.866. The van der Waals surface area contributed by atoms with E-state index in [1.807, 2.05) is 12.3 Å². The summed E-state index contributed by atoms with van der Waals surface area (Å²) in [5.74, 6) is 1.68. The molecule has 0 saturated carbocycles. The average Bonchev–Trinajstić information content (AvgIpc) is 3.20. The van der Waals surface area contributed by atoms with Crippen molar-refractivity contribution in [2.45, 2.75) is 26.1 Å². The van der Waals surface area contributed by atoms with Gasteiger partial charge < -0.3 is 19.7 Å². The van der Waals surface area contributed by atoms with E-state index in [4.69, 9.17) is 4.74 Å². The molecule has 7 heteroatoms. The maximum Gasteiger partial charge on any atom is 0.142 e. The lowest BCUT2D eigenvalue weighted by molar-refractivity contribution is -0.0725. The monoisotopic (exact) mass is 345 g/mol. The molecule has 0 aliphatic carbocycles. The van der Waals surface area contributed by atoms with Gasteiger partial charge in [0.1, 0.15) is 17.8 Å². The van der Waals surface area contributed by atoms with Crippen LogP contribution in [0.1, 0.15) is 13.8 Å². The highest BCUT2D eigenvalue weighted by Crippen LogP contribution is 2.31. The third kappa shape index (κ3) is 3.36. The summed E-state index contributed by atoms with van der Waals surface area (Å²) >= 11 is 0. The van der Waals surface area contributed by atoms with Crippen molar-refractivity contribution in [1.29, 1.82) is 0 Å². The number of hydrogen-bond donors (Lipinski definition) is 2. The second kappa shape index (κ2) is 6.90. The molecule has 4 atom stereocenters. The average molecular weight is 345 g/mol. The van der Waals surface area contributed by atoms with Crippen molar-refractivity contribution < 1.29 is 9.84 Å². The van der Waals surface area contributed by atoms with E-state index >= 15 is 0 Å². The molecule has 2 aliphatic rings. The van der Waals surface area contributed by atoms with Crippen molar-refractivity contribution in [3.05, 3.63) is 18.6 Å². The predicted molar refractivity (Wildman–Crippen MR) is 96.6 cm³/mol. The van der Waals surface area contributed by atoms with Crippen LogP contribution in [0, 0.1) is 11.8 Å². The Labute approximate surface area is 148 Å². The molecule has 25 heavy (non-hydrogen) atoms. The highest BCUT2D eigenvalue weighted by atomic mass is 16.5. The van der Waals surface area contributed by atoms with Crippen LogP contribution in [-0.4, -0.2) is 76.5 Å². The molecule has 2 aromatic rings. The summed E-state index contributed by atoms with van der Waals surface area (Å²) in [7, 11) is 0. The molecule has 2 aromatic heterocycles. The van der Waals surface area contributed by atoms with Gasteiger partial charge in [-0.2, -0.15) is 0 Å². The summed E-state index contributed by atoms with van der Waals surface area (Å²) in [6.45, 7) is 9.19. The molecule has 2 N–H and O–H groups in total. The van der Waals surface area contributed by atoms with E-state index in [2.05, 4.69) is 38.6 Å². The van der Waals surface area contributed by atoms with E-state index < -0.39 is 0 Å². The van der Waals surface area contributed by atoms with E-state index in [0.717, 1.165) is 49.6 Å².